The molecule has 0 bridgehead atoms. The van der Waals surface area contributed by atoms with Crippen molar-refractivity contribution in [2.75, 3.05) is 0 Å². The lowest BCUT2D eigenvalue weighted by Crippen LogP contribution is -2.38. The van der Waals surface area contributed by atoms with Crippen LogP contribution in [0.15, 0.2) is 17.0 Å². The maximum atomic E-state index is 14.4. The fraction of sp³-hybridized carbons (Fsp3) is 0.500. The molecule has 25 heavy (non-hydrogen) atoms. The molecule has 3 rings (SSSR count). The number of benzene rings is 1. The molecule has 140 valence electrons. The minimum atomic E-state index is -2.11. The van der Waals surface area contributed by atoms with Crippen LogP contribution in [-0.4, -0.2) is 10.00 Å². The Morgan fingerprint density at radius 3 is 2.20 bits per heavy atom. The van der Waals surface area contributed by atoms with Gasteiger partial charge in [-0.1, -0.05) is 24.0 Å². The van der Waals surface area contributed by atoms with E-state index in [1.165, 1.54) is 0 Å². The van der Waals surface area contributed by atoms with Gasteiger partial charge in [0.25, 0.3) is 0 Å². The van der Waals surface area contributed by atoms with Crippen LogP contribution in [0.25, 0.3) is 0 Å². The summed E-state index contributed by atoms with van der Waals surface area (Å²) in [6.07, 6.45) is 2.38. The fourth-order valence-electron chi connectivity index (χ4n) is 3.64. The fourth-order valence-corrected chi connectivity index (χ4v) is 21.9. The van der Waals surface area contributed by atoms with E-state index in [-0.39, 0.29) is 15.9 Å². The lowest BCUT2D eigenvalue weighted by molar-refractivity contribution is 0.352. The van der Waals surface area contributed by atoms with Gasteiger partial charge in [-0.3, -0.25) is 0 Å². The van der Waals surface area contributed by atoms with Crippen LogP contribution in [0.1, 0.15) is 33.1 Å². The van der Waals surface area contributed by atoms with Crippen LogP contribution < -0.4 is 0 Å². The topological polar surface area (TPSA) is 0 Å². The second kappa shape index (κ2) is 6.84. The quantitative estimate of drug-likeness (QED) is 0.142. The highest BCUT2D eigenvalue weighted by atomic mass is 33.2. The van der Waals surface area contributed by atoms with Gasteiger partial charge in [0.05, 0.1) is 4.90 Å². The highest BCUT2D eigenvalue weighted by Gasteiger charge is 2.52. The smallest absolute Gasteiger partial charge is 0.200 e. The third kappa shape index (κ3) is 3.11. The van der Waals surface area contributed by atoms with Crippen LogP contribution in [0.3, 0.4) is 0 Å². The number of rotatable bonds is 2. The summed E-state index contributed by atoms with van der Waals surface area (Å²) in [5, 5.41) is -1.88. The van der Waals surface area contributed by atoms with Crippen LogP contribution in [-0.2, 0) is 11.8 Å². The zero-order valence-electron chi connectivity index (χ0n) is 13.6. The summed E-state index contributed by atoms with van der Waals surface area (Å²) in [6, 6.07) is 0. The van der Waals surface area contributed by atoms with E-state index in [1.54, 1.807) is 11.4 Å². The molecule has 2 unspecified atom stereocenters. The van der Waals surface area contributed by atoms with Crippen molar-refractivity contribution < 1.29 is 22.0 Å². The minimum absolute atomic E-state index is 0.150. The standard InChI is InChI=1S/C16H18F5PS3/c1-7(2)8-4-5-16(3)9(6-8)25(22(23)24-16)15-13(20)11(18)10(17)12(19)14(15)21/h8-9,22,25H,1,4-6H2,2-3H3/t8-,9-,16+/m0/s1. The summed E-state index contributed by atoms with van der Waals surface area (Å²) < 4.78 is 69.4. The molecule has 5 atom stereocenters. The predicted octanol–water partition coefficient (Wildman–Crippen LogP) is 6.50. The van der Waals surface area contributed by atoms with Crippen molar-refractivity contribution in [2.24, 2.45) is 5.92 Å². The first kappa shape index (κ1) is 19.7. The van der Waals surface area contributed by atoms with E-state index in [9.17, 15) is 22.0 Å². The maximum absolute atomic E-state index is 14.4. The van der Waals surface area contributed by atoms with E-state index in [1.807, 2.05) is 13.8 Å². The van der Waals surface area contributed by atoms with Gasteiger partial charge in [0.15, 0.2) is 23.3 Å². The Morgan fingerprint density at radius 2 is 1.68 bits per heavy atom. The molecule has 1 saturated heterocycles. The number of thiol groups is 1. The molecule has 1 aromatic rings. The summed E-state index contributed by atoms with van der Waals surface area (Å²) in [6.45, 7) is 7.90. The van der Waals surface area contributed by atoms with Gasteiger partial charge in [-0.25, -0.2) is 22.0 Å². The molecule has 1 heterocycles. The van der Waals surface area contributed by atoms with Gasteiger partial charge in [-0.05, 0) is 39.0 Å². The zero-order chi connectivity index (χ0) is 18.7. The molecular formula is C16H18F5PS3. The third-order valence-corrected chi connectivity index (χ3v) is 19.0. The molecule has 0 nitrogen and oxygen atoms in total. The van der Waals surface area contributed by atoms with Crippen molar-refractivity contribution in [1.29, 1.82) is 0 Å². The Hall–Kier alpha value is -0.0400. The monoisotopic (exact) mass is 432 g/mol. The van der Waals surface area contributed by atoms with Gasteiger partial charge in [-0.2, -0.15) is 10.5 Å². The molecule has 1 aromatic carbocycles. The molecule has 0 aromatic heterocycles. The number of hydrogen-bond acceptors (Lipinski definition) is 2. The summed E-state index contributed by atoms with van der Waals surface area (Å²) in [4.78, 5) is -0.640. The summed E-state index contributed by atoms with van der Waals surface area (Å²) in [5.41, 5.74) is 0.990. The van der Waals surface area contributed by atoms with Gasteiger partial charge < -0.3 is 0 Å². The number of hydrogen-bond donors (Lipinski definition) is 1. The van der Waals surface area contributed by atoms with E-state index in [0.29, 0.717) is 6.42 Å². The molecule has 1 aliphatic carbocycles. The minimum Gasteiger partial charge on any atom is -0.202 e. The van der Waals surface area contributed by atoms with Gasteiger partial charge in [0.2, 0.25) is 5.82 Å². The van der Waals surface area contributed by atoms with Crippen LogP contribution in [0, 0.1) is 35.0 Å². The van der Waals surface area contributed by atoms with Gasteiger partial charge in [-0.15, -0.1) is 11.4 Å². The highest BCUT2D eigenvalue weighted by Crippen LogP contribution is 2.82. The van der Waals surface area contributed by atoms with E-state index < -0.39 is 49.6 Å². The predicted molar refractivity (Wildman–Crippen MR) is 101 cm³/mol. The van der Waals surface area contributed by atoms with Crippen LogP contribution >= 0.6 is 27.0 Å². The largest absolute Gasteiger partial charge is 0.202 e. The molecular weight excluding hydrogens is 414 g/mol. The van der Waals surface area contributed by atoms with Gasteiger partial charge in [0, 0.05) is 15.1 Å². The Balaban J connectivity index is 2.14. The second-order valence-corrected chi connectivity index (χ2v) is 18.7. The van der Waals surface area contributed by atoms with Crippen molar-refractivity contribution in [1.82, 2.24) is 0 Å². The Labute approximate surface area is 155 Å². The lowest BCUT2D eigenvalue weighted by Gasteiger charge is -2.42. The van der Waals surface area contributed by atoms with Gasteiger partial charge in [0.1, 0.15) is 0 Å². The molecule has 0 amide bonds. The van der Waals surface area contributed by atoms with Crippen molar-refractivity contribution >= 4 is 38.8 Å². The molecule has 0 spiro atoms. The number of allylic oxidation sites excluding steroid dienone is 1. The van der Waals surface area contributed by atoms with Crippen molar-refractivity contribution in [3.05, 3.63) is 41.2 Å². The first-order valence-corrected chi connectivity index (χ1v) is 14.2. The molecule has 9 heteroatoms. The van der Waals surface area contributed by atoms with E-state index >= 15 is 0 Å². The number of halogens is 5. The highest BCUT2D eigenvalue weighted by molar-refractivity contribution is 9.00. The lowest BCUT2D eigenvalue weighted by atomic mass is 9.79. The molecule has 0 N–H and O–H groups in total. The average molecular weight is 432 g/mol. The Bertz CT molecular complexity index is 755. The SMILES string of the molecule is C=C(C)[C@H]1CC[C@@]2(C)S[PH](=S)[SH](c3c(F)c(F)c(F)c(F)c3F)[C@H]2C1. The van der Waals surface area contributed by atoms with Crippen LogP contribution in [0.5, 0.6) is 0 Å². The summed E-state index contributed by atoms with van der Waals surface area (Å²) in [5.74, 6) is -9.04. The molecule has 1 aliphatic heterocycles. The van der Waals surface area contributed by atoms with Gasteiger partial charge >= 0.3 is 0 Å². The van der Waals surface area contributed by atoms with Crippen molar-refractivity contribution in [3.63, 3.8) is 0 Å². The van der Waals surface area contributed by atoms with Crippen LogP contribution in [0.4, 0.5) is 22.0 Å². The number of fused-ring (bicyclic) bond motifs is 1. The summed E-state index contributed by atoms with van der Waals surface area (Å²) >= 11 is 7.08. The van der Waals surface area contributed by atoms with E-state index in [4.69, 9.17) is 11.8 Å². The molecule has 2 aliphatic rings. The Kier molecular flexibility index (Phi) is 5.40. The normalized spacial score (nSPS) is 36.3. The average Bonchev–Trinajstić information content (AvgIpc) is 2.81. The van der Waals surface area contributed by atoms with Crippen molar-refractivity contribution in [2.45, 2.75) is 48.0 Å². The second-order valence-electron chi connectivity index (χ2n) is 6.80. The Morgan fingerprint density at radius 1 is 1.16 bits per heavy atom. The van der Waals surface area contributed by atoms with Crippen molar-refractivity contribution in [3.8, 4) is 0 Å². The first-order chi connectivity index (χ1) is 11.6. The summed E-state index contributed by atoms with van der Waals surface area (Å²) in [7, 11) is -1.60. The third-order valence-electron chi connectivity index (χ3n) is 5.16. The molecule has 1 saturated carbocycles. The molecule has 0 radical (unpaired) electrons. The first-order valence-electron chi connectivity index (χ1n) is 7.77. The van der Waals surface area contributed by atoms with Crippen LogP contribution in [0.2, 0.25) is 0 Å². The van der Waals surface area contributed by atoms with E-state index in [2.05, 4.69) is 6.58 Å². The molecule has 2 fully saturated rings. The maximum Gasteiger partial charge on any atom is 0.200 e. The van der Waals surface area contributed by atoms with E-state index in [0.717, 1.165) is 18.4 Å². The zero-order valence-corrected chi connectivity index (χ0v) is 17.2.